The second kappa shape index (κ2) is 4.13. The van der Waals surface area contributed by atoms with Crippen molar-refractivity contribution in [1.82, 2.24) is 0 Å². The quantitative estimate of drug-likeness (QED) is 0.559. The SMILES string of the molecule is O=[N+]([O-])c1ccc2oc(-c3cccc(O)c3)cc2c1. The molecule has 0 bridgehead atoms. The Kier molecular flexibility index (Phi) is 2.45. The van der Waals surface area contributed by atoms with Crippen LogP contribution in [0.4, 0.5) is 5.69 Å². The lowest BCUT2D eigenvalue weighted by Crippen LogP contribution is -1.85. The van der Waals surface area contributed by atoms with Crippen molar-refractivity contribution >= 4 is 16.7 Å². The molecule has 0 unspecified atom stereocenters. The van der Waals surface area contributed by atoms with E-state index in [2.05, 4.69) is 0 Å². The predicted molar refractivity (Wildman–Crippen MR) is 70.0 cm³/mol. The Balaban J connectivity index is 2.14. The molecule has 0 amide bonds. The van der Waals surface area contributed by atoms with E-state index in [1.54, 1.807) is 36.4 Å². The topological polar surface area (TPSA) is 76.5 Å². The molecule has 5 nitrogen and oxygen atoms in total. The number of hydrogen-bond acceptors (Lipinski definition) is 4. The first kappa shape index (κ1) is 11.3. The van der Waals surface area contributed by atoms with Crippen LogP contribution in [-0.4, -0.2) is 10.0 Å². The second-order valence-corrected chi connectivity index (χ2v) is 4.14. The summed E-state index contributed by atoms with van der Waals surface area (Å²) < 4.78 is 5.61. The normalized spacial score (nSPS) is 10.7. The summed E-state index contributed by atoms with van der Waals surface area (Å²) >= 11 is 0. The summed E-state index contributed by atoms with van der Waals surface area (Å²) in [5, 5.41) is 20.8. The van der Waals surface area contributed by atoms with Crippen LogP contribution in [0.15, 0.2) is 52.9 Å². The fourth-order valence-electron chi connectivity index (χ4n) is 1.95. The van der Waals surface area contributed by atoms with Crippen LogP contribution >= 0.6 is 0 Å². The lowest BCUT2D eigenvalue weighted by Gasteiger charge is -1.96. The number of fused-ring (bicyclic) bond motifs is 1. The molecule has 0 atom stereocenters. The number of nitrogens with zero attached hydrogens (tertiary/aromatic N) is 1. The Hall–Kier alpha value is -2.82. The highest BCUT2D eigenvalue weighted by atomic mass is 16.6. The van der Waals surface area contributed by atoms with Crippen molar-refractivity contribution in [2.24, 2.45) is 0 Å². The highest BCUT2D eigenvalue weighted by Crippen LogP contribution is 2.31. The molecular formula is C14H9NO4. The lowest BCUT2D eigenvalue weighted by molar-refractivity contribution is -0.384. The molecule has 3 rings (SSSR count). The molecule has 0 saturated carbocycles. The number of phenols is 1. The third kappa shape index (κ3) is 2.01. The van der Waals surface area contributed by atoms with Gasteiger partial charge in [0.1, 0.15) is 17.1 Å². The zero-order chi connectivity index (χ0) is 13.4. The van der Waals surface area contributed by atoms with Gasteiger partial charge in [0.2, 0.25) is 0 Å². The molecule has 0 spiro atoms. The van der Waals surface area contributed by atoms with Crippen molar-refractivity contribution in [2.45, 2.75) is 0 Å². The van der Waals surface area contributed by atoms with E-state index in [-0.39, 0.29) is 11.4 Å². The van der Waals surface area contributed by atoms with Crippen molar-refractivity contribution in [3.8, 4) is 17.1 Å². The number of nitro groups is 1. The van der Waals surface area contributed by atoms with Crippen LogP contribution in [0.2, 0.25) is 0 Å². The summed E-state index contributed by atoms with van der Waals surface area (Å²) in [6, 6.07) is 12.8. The average molecular weight is 255 g/mol. The Bertz CT molecular complexity index is 776. The molecule has 2 aromatic carbocycles. The molecule has 94 valence electrons. The van der Waals surface area contributed by atoms with Crippen molar-refractivity contribution < 1.29 is 14.4 Å². The zero-order valence-electron chi connectivity index (χ0n) is 9.74. The van der Waals surface area contributed by atoms with E-state index >= 15 is 0 Å². The zero-order valence-corrected chi connectivity index (χ0v) is 9.74. The highest BCUT2D eigenvalue weighted by Gasteiger charge is 2.11. The molecule has 5 heteroatoms. The van der Waals surface area contributed by atoms with Gasteiger partial charge in [0.15, 0.2) is 0 Å². The van der Waals surface area contributed by atoms with Gasteiger partial charge in [-0.3, -0.25) is 10.1 Å². The van der Waals surface area contributed by atoms with Gasteiger partial charge in [0.25, 0.3) is 5.69 Å². The number of aromatic hydroxyl groups is 1. The first-order valence-electron chi connectivity index (χ1n) is 5.61. The van der Waals surface area contributed by atoms with Crippen molar-refractivity contribution in [3.63, 3.8) is 0 Å². The standard InChI is InChI=1S/C14H9NO4/c16-12-3-1-2-9(7-12)14-8-10-6-11(15(17)18)4-5-13(10)19-14/h1-8,16H. The Morgan fingerprint density at radius 3 is 2.68 bits per heavy atom. The van der Waals surface area contributed by atoms with Gasteiger partial charge in [-0.15, -0.1) is 0 Å². The molecule has 1 heterocycles. The minimum atomic E-state index is -0.444. The van der Waals surface area contributed by atoms with Gasteiger partial charge < -0.3 is 9.52 Å². The first-order valence-corrected chi connectivity index (χ1v) is 5.61. The maximum absolute atomic E-state index is 10.7. The number of phenolic OH excluding ortho intramolecular Hbond substituents is 1. The molecule has 1 N–H and O–H groups in total. The number of non-ortho nitro benzene ring substituents is 1. The Labute approximate surface area is 107 Å². The van der Waals surface area contributed by atoms with E-state index < -0.39 is 4.92 Å². The maximum Gasteiger partial charge on any atom is 0.270 e. The van der Waals surface area contributed by atoms with Crippen LogP contribution in [0.5, 0.6) is 5.75 Å². The van der Waals surface area contributed by atoms with E-state index in [9.17, 15) is 15.2 Å². The molecule has 0 saturated heterocycles. The van der Waals surface area contributed by atoms with Crippen LogP contribution in [0.1, 0.15) is 0 Å². The monoisotopic (exact) mass is 255 g/mol. The van der Waals surface area contributed by atoms with Gasteiger partial charge in [0, 0.05) is 23.1 Å². The molecule has 19 heavy (non-hydrogen) atoms. The van der Waals surface area contributed by atoms with Gasteiger partial charge in [-0.2, -0.15) is 0 Å². The van der Waals surface area contributed by atoms with E-state index in [1.165, 1.54) is 12.1 Å². The third-order valence-corrected chi connectivity index (χ3v) is 2.84. The lowest BCUT2D eigenvalue weighted by atomic mass is 10.1. The van der Waals surface area contributed by atoms with Crippen LogP contribution in [-0.2, 0) is 0 Å². The third-order valence-electron chi connectivity index (χ3n) is 2.84. The molecule has 0 aliphatic rings. The molecule has 0 aliphatic carbocycles. The number of hydrogen-bond donors (Lipinski definition) is 1. The predicted octanol–water partition coefficient (Wildman–Crippen LogP) is 3.71. The summed E-state index contributed by atoms with van der Waals surface area (Å²) in [6.45, 7) is 0. The molecule has 0 aliphatic heterocycles. The fraction of sp³-hybridized carbons (Fsp3) is 0. The molecule has 3 aromatic rings. The molecule has 1 aromatic heterocycles. The van der Waals surface area contributed by atoms with E-state index in [0.29, 0.717) is 16.7 Å². The highest BCUT2D eigenvalue weighted by molar-refractivity contribution is 5.84. The van der Waals surface area contributed by atoms with Crippen molar-refractivity contribution in [3.05, 3.63) is 58.6 Å². The minimum Gasteiger partial charge on any atom is -0.508 e. The van der Waals surface area contributed by atoms with Crippen LogP contribution in [0.3, 0.4) is 0 Å². The van der Waals surface area contributed by atoms with Crippen molar-refractivity contribution in [1.29, 1.82) is 0 Å². The number of furan rings is 1. The molecule has 0 fully saturated rings. The first-order chi connectivity index (χ1) is 9.13. The minimum absolute atomic E-state index is 0.0239. The number of rotatable bonds is 2. The summed E-state index contributed by atoms with van der Waals surface area (Å²) in [6.07, 6.45) is 0. The summed E-state index contributed by atoms with van der Waals surface area (Å²) in [5.74, 6) is 0.704. The van der Waals surface area contributed by atoms with Crippen LogP contribution < -0.4 is 0 Å². The summed E-state index contributed by atoms with van der Waals surface area (Å²) in [5.41, 5.74) is 1.32. The van der Waals surface area contributed by atoms with Gasteiger partial charge in [-0.1, -0.05) is 12.1 Å². The smallest absolute Gasteiger partial charge is 0.270 e. The van der Waals surface area contributed by atoms with Gasteiger partial charge >= 0.3 is 0 Å². The summed E-state index contributed by atoms with van der Waals surface area (Å²) in [7, 11) is 0. The molecule has 0 radical (unpaired) electrons. The van der Waals surface area contributed by atoms with Crippen LogP contribution in [0, 0.1) is 10.1 Å². The van der Waals surface area contributed by atoms with Crippen LogP contribution in [0.25, 0.3) is 22.3 Å². The van der Waals surface area contributed by atoms with Gasteiger partial charge in [-0.05, 0) is 24.3 Å². The number of benzene rings is 2. The van der Waals surface area contributed by atoms with E-state index in [0.717, 1.165) is 5.56 Å². The number of nitro benzene ring substituents is 1. The summed E-state index contributed by atoms with van der Waals surface area (Å²) in [4.78, 5) is 10.3. The van der Waals surface area contributed by atoms with Crippen molar-refractivity contribution in [2.75, 3.05) is 0 Å². The van der Waals surface area contributed by atoms with E-state index in [1.807, 2.05) is 0 Å². The van der Waals surface area contributed by atoms with E-state index in [4.69, 9.17) is 4.42 Å². The van der Waals surface area contributed by atoms with Gasteiger partial charge in [-0.25, -0.2) is 0 Å². The maximum atomic E-state index is 10.7. The molecular weight excluding hydrogens is 246 g/mol. The largest absolute Gasteiger partial charge is 0.508 e. The second-order valence-electron chi connectivity index (χ2n) is 4.14. The average Bonchev–Trinajstić information content (AvgIpc) is 2.81. The van der Waals surface area contributed by atoms with Gasteiger partial charge in [0.05, 0.1) is 4.92 Å². The Morgan fingerprint density at radius 1 is 1.11 bits per heavy atom. The fourth-order valence-corrected chi connectivity index (χ4v) is 1.95. The Morgan fingerprint density at radius 2 is 1.95 bits per heavy atom.